The number of amides is 2. The van der Waals surface area contributed by atoms with Crippen molar-refractivity contribution in [3.05, 3.63) is 60.3 Å². The monoisotopic (exact) mass is 345 g/mol. The van der Waals surface area contributed by atoms with E-state index in [1.54, 1.807) is 0 Å². The molecule has 0 aliphatic heterocycles. The molecule has 0 radical (unpaired) electrons. The van der Waals surface area contributed by atoms with Gasteiger partial charge in [0, 0.05) is 26.6 Å². The summed E-state index contributed by atoms with van der Waals surface area (Å²) in [6, 6.07) is 9.31. The van der Waals surface area contributed by atoms with Gasteiger partial charge in [-0.3, -0.25) is 4.79 Å². The van der Waals surface area contributed by atoms with Crippen molar-refractivity contribution >= 4 is 12.0 Å². The van der Waals surface area contributed by atoms with Gasteiger partial charge in [-0.15, -0.1) is 0 Å². The highest BCUT2D eigenvalue weighted by molar-refractivity contribution is 5.74. The predicted octanol–water partition coefficient (Wildman–Crippen LogP) is 2.49. The third kappa shape index (κ3) is 11.4. The number of rotatable bonds is 11. The smallest absolute Gasteiger partial charge is 0.314 e. The summed E-state index contributed by atoms with van der Waals surface area (Å²) in [6.07, 6.45) is 9.18. The van der Waals surface area contributed by atoms with E-state index in [0.717, 1.165) is 12.0 Å². The van der Waals surface area contributed by atoms with Gasteiger partial charge in [0.2, 0.25) is 0 Å². The maximum Gasteiger partial charge on any atom is 0.314 e. The summed E-state index contributed by atoms with van der Waals surface area (Å²) in [7, 11) is 1.83. The zero-order chi connectivity index (χ0) is 18.2. The fourth-order valence-corrected chi connectivity index (χ4v) is 1.90. The number of hydrogen-bond acceptors (Lipinski definition) is 4. The van der Waals surface area contributed by atoms with Crippen molar-refractivity contribution in [3.63, 3.8) is 0 Å². The van der Waals surface area contributed by atoms with Gasteiger partial charge in [-0.2, -0.15) is 0 Å². The van der Waals surface area contributed by atoms with Gasteiger partial charge in [-0.1, -0.05) is 42.5 Å². The molecule has 0 aromatic heterocycles. The van der Waals surface area contributed by atoms with Crippen LogP contribution in [-0.4, -0.2) is 32.1 Å². The highest BCUT2D eigenvalue weighted by Gasteiger charge is 2.04. The Balaban J connectivity index is 1.99. The molecule has 0 saturated carbocycles. The van der Waals surface area contributed by atoms with Crippen LogP contribution in [-0.2, 0) is 16.1 Å². The summed E-state index contributed by atoms with van der Waals surface area (Å²) in [6.45, 7) is 1.28. The van der Waals surface area contributed by atoms with Gasteiger partial charge >= 0.3 is 12.0 Å². The van der Waals surface area contributed by atoms with Gasteiger partial charge in [0.1, 0.15) is 6.61 Å². The minimum atomic E-state index is -0.258. The van der Waals surface area contributed by atoms with Crippen molar-refractivity contribution < 1.29 is 14.3 Å². The standard InChI is InChI=1S/C19H27N3O3/c1-20-13-7-2-3-8-14-21-19(24)22-15-9-12-18(23)25-16-17-10-5-4-6-11-17/h2-7,10-11,13,20H,8-9,12,14-16H2,1H3,(H2,21,22,24)/b3-2-,13-7-. The van der Waals surface area contributed by atoms with E-state index >= 15 is 0 Å². The zero-order valence-electron chi connectivity index (χ0n) is 14.7. The van der Waals surface area contributed by atoms with Crippen molar-refractivity contribution in [2.24, 2.45) is 0 Å². The summed E-state index contributed by atoms with van der Waals surface area (Å²) >= 11 is 0. The summed E-state index contributed by atoms with van der Waals surface area (Å²) < 4.78 is 5.17. The fourth-order valence-electron chi connectivity index (χ4n) is 1.90. The molecule has 0 atom stereocenters. The minimum Gasteiger partial charge on any atom is -0.461 e. The molecule has 1 rings (SSSR count). The van der Waals surface area contributed by atoms with Crippen LogP contribution in [0.4, 0.5) is 4.79 Å². The largest absolute Gasteiger partial charge is 0.461 e. The third-order valence-corrected chi connectivity index (χ3v) is 3.19. The molecule has 6 heteroatoms. The van der Waals surface area contributed by atoms with Crippen LogP contribution in [0, 0.1) is 0 Å². The van der Waals surface area contributed by atoms with E-state index in [1.807, 2.05) is 61.8 Å². The highest BCUT2D eigenvalue weighted by atomic mass is 16.5. The lowest BCUT2D eigenvalue weighted by molar-refractivity contribution is -0.145. The molecule has 1 aromatic rings. The number of hydrogen-bond donors (Lipinski definition) is 3. The number of carbonyl (C=O) groups is 2. The average Bonchev–Trinajstić information content (AvgIpc) is 2.63. The average molecular weight is 345 g/mol. The first-order valence-corrected chi connectivity index (χ1v) is 8.42. The molecular weight excluding hydrogens is 318 g/mol. The molecule has 0 fully saturated rings. The lowest BCUT2D eigenvalue weighted by Crippen LogP contribution is -2.36. The molecule has 0 bridgehead atoms. The molecule has 0 spiro atoms. The van der Waals surface area contributed by atoms with Gasteiger partial charge in [0.15, 0.2) is 0 Å². The maximum atomic E-state index is 11.6. The van der Waals surface area contributed by atoms with Crippen LogP contribution in [0.15, 0.2) is 54.8 Å². The molecule has 0 aliphatic carbocycles. The summed E-state index contributed by atoms with van der Waals surface area (Å²) in [4.78, 5) is 23.2. The maximum absolute atomic E-state index is 11.6. The van der Waals surface area contributed by atoms with Gasteiger partial charge in [0.25, 0.3) is 0 Å². The Bertz CT molecular complexity index is 556. The third-order valence-electron chi connectivity index (χ3n) is 3.19. The van der Waals surface area contributed by atoms with Crippen molar-refractivity contribution in [3.8, 4) is 0 Å². The first-order chi connectivity index (χ1) is 12.2. The fraction of sp³-hybridized carbons (Fsp3) is 0.368. The van der Waals surface area contributed by atoms with Crippen LogP contribution in [0.2, 0.25) is 0 Å². The number of ether oxygens (including phenoxy) is 1. The number of allylic oxidation sites excluding steroid dienone is 2. The topological polar surface area (TPSA) is 79.5 Å². The predicted molar refractivity (Wildman–Crippen MR) is 98.8 cm³/mol. The molecule has 25 heavy (non-hydrogen) atoms. The molecule has 6 nitrogen and oxygen atoms in total. The molecule has 0 aliphatic rings. The second kappa shape index (κ2) is 13.7. The molecule has 136 valence electrons. The molecular formula is C19H27N3O3. The van der Waals surface area contributed by atoms with E-state index in [9.17, 15) is 9.59 Å². The van der Waals surface area contributed by atoms with Crippen LogP contribution in [0.1, 0.15) is 24.8 Å². The quantitative estimate of drug-likeness (QED) is 0.327. The molecule has 0 unspecified atom stereocenters. The second-order valence-corrected chi connectivity index (χ2v) is 5.30. The first-order valence-electron chi connectivity index (χ1n) is 8.42. The van der Waals surface area contributed by atoms with E-state index in [1.165, 1.54) is 0 Å². The van der Waals surface area contributed by atoms with E-state index in [4.69, 9.17) is 4.74 Å². The van der Waals surface area contributed by atoms with Crippen LogP contribution in [0.25, 0.3) is 0 Å². The van der Waals surface area contributed by atoms with Crippen molar-refractivity contribution in [1.29, 1.82) is 0 Å². The van der Waals surface area contributed by atoms with Crippen LogP contribution >= 0.6 is 0 Å². The number of nitrogens with one attached hydrogen (secondary N) is 3. The summed E-state index contributed by atoms with van der Waals surface area (Å²) in [5, 5.41) is 8.35. The van der Waals surface area contributed by atoms with E-state index in [2.05, 4.69) is 16.0 Å². The van der Waals surface area contributed by atoms with Crippen LogP contribution < -0.4 is 16.0 Å². The van der Waals surface area contributed by atoms with Gasteiger partial charge in [-0.05, 0) is 30.7 Å². The normalized spacial score (nSPS) is 10.8. The number of esters is 1. The first kappa shape index (κ1) is 20.3. The number of carbonyl (C=O) groups excluding carboxylic acids is 2. The number of urea groups is 1. The Labute approximate surface area is 149 Å². The van der Waals surface area contributed by atoms with Gasteiger partial charge in [-0.25, -0.2) is 4.79 Å². The van der Waals surface area contributed by atoms with Crippen LogP contribution in [0.3, 0.4) is 0 Å². The van der Waals surface area contributed by atoms with Crippen molar-refractivity contribution in [2.75, 3.05) is 20.1 Å². The molecule has 0 heterocycles. The molecule has 0 saturated heterocycles. The Morgan fingerprint density at radius 2 is 1.84 bits per heavy atom. The Kier molecular flexibility index (Phi) is 11.1. The SMILES string of the molecule is CN/C=C\C=C/CCNC(=O)NCCCC(=O)OCc1ccccc1. The number of benzene rings is 1. The lowest BCUT2D eigenvalue weighted by atomic mass is 10.2. The Hall–Kier alpha value is -2.76. The molecule has 3 N–H and O–H groups in total. The van der Waals surface area contributed by atoms with Crippen molar-refractivity contribution in [1.82, 2.24) is 16.0 Å². The Morgan fingerprint density at radius 1 is 1.08 bits per heavy atom. The van der Waals surface area contributed by atoms with Gasteiger partial charge in [0.05, 0.1) is 0 Å². The lowest BCUT2D eigenvalue weighted by Gasteiger charge is -2.07. The summed E-state index contributed by atoms with van der Waals surface area (Å²) in [5.41, 5.74) is 0.962. The minimum absolute atomic E-state index is 0.225. The Morgan fingerprint density at radius 3 is 2.60 bits per heavy atom. The van der Waals surface area contributed by atoms with E-state index in [0.29, 0.717) is 19.5 Å². The zero-order valence-corrected chi connectivity index (χ0v) is 14.7. The van der Waals surface area contributed by atoms with Gasteiger partial charge < -0.3 is 20.7 Å². The summed E-state index contributed by atoms with van der Waals surface area (Å²) in [5.74, 6) is -0.258. The molecule has 1 aromatic carbocycles. The molecule has 2 amide bonds. The van der Waals surface area contributed by atoms with E-state index in [-0.39, 0.29) is 25.0 Å². The van der Waals surface area contributed by atoms with Crippen molar-refractivity contribution in [2.45, 2.75) is 25.9 Å². The van der Waals surface area contributed by atoms with E-state index < -0.39 is 0 Å². The van der Waals surface area contributed by atoms with Crippen LogP contribution in [0.5, 0.6) is 0 Å². The second-order valence-electron chi connectivity index (χ2n) is 5.30. The highest BCUT2D eigenvalue weighted by Crippen LogP contribution is 2.02.